The smallest absolute Gasteiger partial charge is 0.266 e. The Morgan fingerprint density at radius 3 is 2.67 bits per heavy atom. The normalized spacial score (nSPS) is 17.8. The van der Waals surface area contributed by atoms with Gasteiger partial charge < -0.3 is 9.84 Å². The lowest BCUT2D eigenvalue weighted by Gasteiger charge is -2.06. The predicted molar refractivity (Wildman–Crippen MR) is 96.5 cm³/mol. The van der Waals surface area contributed by atoms with Crippen molar-refractivity contribution in [1.29, 1.82) is 0 Å². The average molecular weight is 340 g/mol. The quantitative estimate of drug-likeness (QED) is 0.867. The first-order chi connectivity index (χ1) is 11.6. The van der Waals surface area contributed by atoms with Crippen molar-refractivity contribution < 1.29 is 14.6 Å². The molecule has 0 radical (unpaired) electrons. The molecule has 5 nitrogen and oxygen atoms in total. The fraction of sp³-hybridized carbons (Fsp3) is 0.111. The van der Waals surface area contributed by atoms with E-state index in [1.807, 2.05) is 30.3 Å². The van der Waals surface area contributed by atoms with Gasteiger partial charge in [-0.1, -0.05) is 24.3 Å². The highest BCUT2D eigenvalue weighted by Crippen LogP contribution is 2.34. The molecule has 1 N–H and O–H groups in total. The molecule has 1 fully saturated rings. The number of benzene rings is 2. The molecule has 0 atom stereocenters. The molecular weight excluding hydrogens is 324 g/mol. The predicted octanol–water partition coefficient (Wildman–Crippen LogP) is 3.63. The van der Waals surface area contributed by atoms with Gasteiger partial charge in [0, 0.05) is 7.05 Å². The number of amidine groups is 1. The lowest BCUT2D eigenvalue weighted by Crippen LogP contribution is -2.23. The van der Waals surface area contributed by atoms with E-state index in [0.29, 0.717) is 15.8 Å². The van der Waals surface area contributed by atoms with E-state index in [0.717, 1.165) is 11.3 Å². The topological polar surface area (TPSA) is 62.1 Å². The molecule has 0 bridgehead atoms. The van der Waals surface area contributed by atoms with Crippen LogP contribution in [0.5, 0.6) is 11.5 Å². The second-order valence-electron chi connectivity index (χ2n) is 5.14. The zero-order valence-electron chi connectivity index (χ0n) is 13.3. The summed E-state index contributed by atoms with van der Waals surface area (Å²) in [6.07, 6.45) is 1.76. The summed E-state index contributed by atoms with van der Waals surface area (Å²) < 4.78 is 5.09. The number of likely N-dealkylation sites (N-methyl/N-ethyl adjacent to an activating group) is 1. The summed E-state index contributed by atoms with van der Waals surface area (Å²) in [6, 6.07) is 14.5. The summed E-state index contributed by atoms with van der Waals surface area (Å²) in [5.41, 5.74) is 1.57. The third kappa shape index (κ3) is 3.28. The van der Waals surface area contributed by atoms with Crippen LogP contribution in [0.25, 0.3) is 6.08 Å². The molecule has 122 valence electrons. The van der Waals surface area contributed by atoms with Crippen molar-refractivity contribution in [2.24, 2.45) is 4.99 Å². The molecule has 1 aliphatic rings. The van der Waals surface area contributed by atoms with Gasteiger partial charge in [-0.3, -0.25) is 9.69 Å². The molecule has 2 aromatic carbocycles. The fourth-order valence-electron chi connectivity index (χ4n) is 2.20. The molecule has 1 heterocycles. The molecule has 6 heteroatoms. The number of para-hydroxylation sites is 1. The summed E-state index contributed by atoms with van der Waals surface area (Å²) >= 11 is 1.32. The van der Waals surface area contributed by atoms with Crippen LogP contribution in [0.2, 0.25) is 0 Å². The number of aliphatic imine (C=N–C) groups is 1. The Balaban J connectivity index is 1.90. The van der Waals surface area contributed by atoms with Crippen LogP contribution in [0, 0.1) is 0 Å². The molecule has 0 spiro atoms. The summed E-state index contributed by atoms with van der Waals surface area (Å²) in [6.45, 7) is 0. The lowest BCUT2D eigenvalue weighted by atomic mass is 10.2. The monoisotopic (exact) mass is 340 g/mol. The number of aromatic hydroxyl groups is 1. The van der Waals surface area contributed by atoms with Crippen molar-refractivity contribution in [2.75, 3.05) is 14.2 Å². The van der Waals surface area contributed by atoms with Crippen molar-refractivity contribution in [2.45, 2.75) is 0 Å². The van der Waals surface area contributed by atoms with Gasteiger partial charge in [0.05, 0.1) is 17.7 Å². The zero-order valence-corrected chi connectivity index (χ0v) is 14.1. The van der Waals surface area contributed by atoms with E-state index in [2.05, 4.69) is 4.99 Å². The van der Waals surface area contributed by atoms with Crippen LogP contribution >= 0.6 is 11.8 Å². The highest BCUT2D eigenvalue weighted by molar-refractivity contribution is 8.18. The molecule has 3 rings (SSSR count). The number of ether oxygens (including phenoxy) is 1. The first kappa shape index (κ1) is 16.1. The number of carbonyl (C=O) groups excluding carboxylic acids is 1. The summed E-state index contributed by atoms with van der Waals surface area (Å²) in [7, 11) is 3.19. The van der Waals surface area contributed by atoms with Gasteiger partial charge in [-0.25, -0.2) is 4.99 Å². The maximum atomic E-state index is 12.4. The SMILES string of the molecule is COc1cc(/C=C2/SC(=Nc3ccccc3)N(C)C2=O)ccc1O. The third-order valence-corrected chi connectivity index (χ3v) is 4.55. The Morgan fingerprint density at radius 2 is 1.96 bits per heavy atom. The van der Waals surface area contributed by atoms with Gasteiger partial charge in [0.15, 0.2) is 16.7 Å². The van der Waals surface area contributed by atoms with Crippen LogP contribution in [0.3, 0.4) is 0 Å². The van der Waals surface area contributed by atoms with Gasteiger partial charge in [0.2, 0.25) is 0 Å². The summed E-state index contributed by atoms with van der Waals surface area (Å²) in [4.78, 5) is 19.0. The highest BCUT2D eigenvalue weighted by atomic mass is 32.2. The van der Waals surface area contributed by atoms with Gasteiger partial charge >= 0.3 is 0 Å². The maximum Gasteiger partial charge on any atom is 0.266 e. The van der Waals surface area contributed by atoms with Gasteiger partial charge in [0.25, 0.3) is 5.91 Å². The minimum absolute atomic E-state index is 0.0634. The molecule has 0 aliphatic carbocycles. The zero-order chi connectivity index (χ0) is 17.1. The van der Waals surface area contributed by atoms with Crippen LogP contribution in [0.1, 0.15) is 5.56 Å². The van der Waals surface area contributed by atoms with Gasteiger partial charge in [-0.05, 0) is 47.7 Å². The summed E-state index contributed by atoms with van der Waals surface area (Å²) in [5.74, 6) is 0.321. The maximum absolute atomic E-state index is 12.4. The van der Waals surface area contributed by atoms with E-state index in [9.17, 15) is 9.90 Å². The van der Waals surface area contributed by atoms with E-state index >= 15 is 0 Å². The highest BCUT2D eigenvalue weighted by Gasteiger charge is 2.30. The van der Waals surface area contributed by atoms with Crippen LogP contribution in [-0.2, 0) is 4.79 Å². The van der Waals surface area contributed by atoms with E-state index < -0.39 is 0 Å². The largest absolute Gasteiger partial charge is 0.504 e. The van der Waals surface area contributed by atoms with Crippen LogP contribution in [0.4, 0.5) is 5.69 Å². The van der Waals surface area contributed by atoms with Crippen LogP contribution in [-0.4, -0.2) is 35.2 Å². The molecule has 1 aliphatic heterocycles. The number of methoxy groups -OCH3 is 1. The van der Waals surface area contributed by atoms with Crippen molar-refractivity contribution in [1.82, 2.24) is 4.90 Å². The number of phenolic OH excluding ortho intramolecular Hbond substituents is 1. The lowest BCUT2D eigenvalue weighted by molar-refractivity contribution is -0.121. The number of phenols is 1. The first-order valence-corrected chi connectivity index (χ1v) is 8.08. The van der Waals surface area contributed by atoms with E-state index in [1.165, 1.54) is 29.8 Å². The Labute approximate surface area is 144 Å². The van der Waals surface area contributed by atoms with Crippen LogP contribution in [0.15, 0.2) is 58.4 Å². The number of carbonyl (C=O) groups is 1. The number of rotatable bonds is 3. The molecule has 0 unspecified atom stereocenters. The minimum Gasteiger partial charge on any atom is -0.504 e. The second-order valence-corrected chi connectivity index (χ2v) is 6.15. The molecule has 24 heavy (non-hydrogen) atoms. The Kier molecular flexibility index (Phi) is 4.57. The number of nitrogens with zero attached hydrogens (tertiary/aromatic N) is 2. The van der Waals surface area contributed by atoms with E-state index in [4.69, 9.17) is 4.74 Å². The van der Waals surface area contributed by atoms with E-state index in [1.54, 1.807) is 25.3 Å². The molecule has 0 saturated carbocycles. The molecule has 1 saturated heterocycles. The van der Waals surface area contributed by atoms with Gasteiger partial charge in [-0.15, -0.1) is 0 Å². The minimum atomic E-state index is -0.110. The standard InChI is InChI=1S/C18H16N2O3S/c1-20-17(22)16(11-12-8-9-14(21)15(10-12)23-2)24-18(20)19-13-6-4-3-5-7-13/h3-11,21H,1-2H3/b16-11+,19-18?. The fourth-order valence-corrected chi connectivity index (χ4v) is 3.19. The number of amides is 1. The number of hydrogen-bond acceptors (Lipinski definition) is 5. The van der Waals surface area contributed by atoms with E-state index in [-0.39, 0.29) is 11.7 Å². The molecule has 1 amide bonds. The average Bonchev–Trinajstić information content (AvgIpc) is 2.85. The number of hydrogen-bond donors (Lipinski definition) is 1. The Morgan fingerprint density at radius 1 is 1.21 bits per heavy atom. The van der Waals surface area contributed by atoms with Crippen molar-refractivity contribution in [3.8, 4) is 11.5 Å². The third-order valence-electron chi connectivity index (χ3n) is 3.49. The van der Waals surface area contributed by atoms with Gasteiger partial charge in [-0.2, -0.15) is 0 Å². The van der Waals surface area contributed by atoms with Crippen LogP contribution < -0.4 is 4.74 Å². The Hall–Kier alpha value is -2.73. The molecule has 2 aromatic rings. The second kappa shape index (κ2) is 6.80. The van der Waals surface area contributed by atoms with Gasteiger partial charge in [0.1, 0.15) is 0 Å². The molecule has 0 aromatic heterocycles. The van der Waals surface area contributed by atoms with Crippen molar-refractivity contribution in [3.05, 3.63) is 59.0 Å². The van der Waals surface area contributed by atoms with Crippen molar-refractivity contribution >= 4 is 34.6 Å². The number of thioether (sulfide) groups is 1. The van der Waals surface area contributed by atoms with Crippen molar-refractivity contribution in [3.63, 3.8) is 0 Å². The molecular formula is C18H16N2O3S. The summed E-state index contributed by atoms with van der Waals surface area (Å²) in [5, 5.41) is 10.3. The Bertz CT molecular complexity index is 831. The first-order valence-electron chi connectivity index (χ1n) is 7.27.